The van der Waals surface area contributed by atoms with Crippen LogP contribution < -0.4 is 0 Å². The molecule has 4 aliphatic heterocycles. The molecule has 6 rings (SSSR count). The molecule has 0 N–H and O–H groups in total. The van der Waals surface area contributed by atoms with E-state index in [0.717, 1.165) is 0 Å². The summed E-state index contributed by atoms with van der Waals surface area (Å²) in [6, 6.07) is 18.7. The Hall–Kier alpha value is -1.72. The Kier molecular flexibility index (Phi) is 4.37. The van der Waals surface area contributed by atoms with Gasteiger partial charge in [-0.2, -0.15) is 0 Å². The molecule has 0 bridgehead atoms. The van der Waals surface area contributed by atoms with Crippen LogP contribution in [0.1, 0.15) is 22.3 Å². The van der Waals surface area contributed by atoms with Gasteiger partial charge in [-0.25, -0.2) is 9.80 Å². The van der Waals surface area contributed by atoms with Gasteiger partial charge in [0, 0.05) is 11.1 Å². The van der Waals surface area contributed by atoms with Gasteiger partial charge in [0.05, 0.1) is 52.4 Å². The maximum absolute atomic E-state index is 2.86. The van der Waals surface area contributed by atoms with E-state index >= 15 is 0 Å². The first-order valence-corrected chi connectivity index (χ1v) is 11.9. The predicted molar refractivity (Wildman–Crippen MR) is 120 cm³/mol. The second-order valence-corrected chi connectivity index (χ2v) is 10.5. The van der Waals surface area contributed by atoms with Crippen molar-refractivity contribution in [2.75, 3.05) is 52.4 Å². The van der Waals surface area contributed by atoms with Crippen molar-refractivity contribution >= 4 is 0 Å². The molecule has 0 radical (unpaired) electrons. The number of piperazine rings is 2. The first-order valence-electron chi connectivity index (χ1n) is 11.9. The van der Waals surface area contributed by atoms with Gasteiger partial charge in [0.25, 0.3) is 0 Å². The van der Waals surface area contributed by atoms with Crippen LogP contribution in [-0.4, -0.2) is 83.5 Å². The number of benzene rings is 2. The number of aryl methyl sites for hydroxylation is 2. The zero-order chi connectivity index (χ0) is 20.3. The van der Waals surface area contributed by atoms with Crippen LogP contribution in [0.3, 0.4) is 0 Å². The molecular formula is C26H36N4+2. The van der Waals surface area contributed by atoms with Gasteiger partial charge in [-0.1, -0.05) is 59.7 Å². The molecule has 30 heavy (non-hydrogen) atoms. The number of hydrogen-bond donors (Lipinski definition) is 0. The molecule has 0 spiro atoms. The minimum atomic E-state index is 0.668. The Morgan fingerprint density at radius 3 is 1.27 bits per heavy atom. The summed E-state index contributed by atoms with van der Waals surface area (Å²) in [5.41, 5.74) is 5.79. The van der Waals surface area contributed by atoms with Gasteiger partial charge in [0.1, 0.15) is 13.1 Å². The number of hydrogen-bond acceptors (Lipinski definition) is 2. The minimum absolute atomic E-state index is 0.668. The molecule has 2 aromatic rings. The molecule has 4 nitrogen and oxygen atoms in total. The molecule has 2 atom stereocenters. The van der Waals surface area contributed by atoms with Gasteiger partial charge in [-0.3, -0.25) is 8.97 Å². The number of quaternary nitrogens is 2. The third-order valence-electron chi connectivity index (χ3n) is 8.70. The van der Waals surface area contributed by atoms with Gasteiger partial charge < -0.3 is 0 Å². The van der Waals surface area contributed by atoms with Crippen LogP contribution in [0, 0.1) is 13.8 Å². The maximum Gasteiger partial charge on any atom is 0.214 e. The van der Waals surface area contributed by atoms with E-state index in [4.69, 9.17) is 0 Å². The van der Waals surface area contributed by atoms with Gasteiger partial charge in [0.2, 0.25) is 12.3 Å². The van der Waals surface area contributed by atoms with Gasteiger partial charge in [0.15, 0.2) is 0 Å². The van der Waals surface area contributed by atoms with Gasteiger partial charge in [-0.05, 0) is 13.8 Å². The Morgan fingerprint density at radius 1 is 0.600 bits per heavy atom. The van der Waals surface area contributed by atoms with E-state index in [9.17, 15) is 0 Å². The highest BCUT2D eigenvalue weighted by atomic mass is 15.7. The Bertz CT molecular complexity index is 846. The van der Waals surface area contributed by atoms with Gasteiger partial charge in [-0.15, -0.1) is 0 Å². The van der Waals surface area contributed by atoms with Crippen LogP contribution in [-0.2, 0) is 13.1 Å². The molecule has 4 aliphatic rings. The fraction of sp³-hybridized carbons (Fsp3) is 0.538. The zero-order valence-corrected chi connectivity index (χ0v) is 18.6. The third kappa shape index (κ3) is 2.89. The Balaban J connectivity index is 1.34. The lowest BCUT2D eigenvalue weighted by atomic mass is 10.0. The Labute approximate surface area is 181 Å². The second kappa shape index (κ2) is 6.89. The molecule has 4 heterocycles. The normalized spacial score (nSPS) is 35.5. The molecular weight excluding hydrogens is 368 g/mol. The Morgan fingerprint density at radius 2 is 0.933 bits per heavy atom. The standard InChI is InChI=1S/C26H36N4/c1-21-3-7-23(8-4-21)19-29-15-11-27-14-18-30(20-24-9-5-22(2)6-10-24)16-12-28(13-17-29)26(30)25(27)29/h3-10,25-26H,11-20H2,1-2H3/q+2/t25-,26-,29-,30-/m1/s1. The molecule has 158 valence electrons. The smallest absolute Gasteiger partial charge is 0.214 e. The predicted octanol–water partition coefficient (Wildman–Crippen LogP) is 2.95. The van der Waals surface area contributed by atoms with E-state index in [-0.39, 0.29) is 0 Å². The average Bonchev–Trinajstić information content (AvgIpc) is 3.30. The fourth-order valence-electron chi connectivity index (χ4n) is 7.07. The van der Waals surface area contributed by atoms with Crippen LogP contribution >= 0.6 is 0 Å². The highest BCUT2D eigenvalue weighted by molar-refractivity contribution is 5.22. The first-order chi connectivity index (χ1) is 14.6. The SMILES string of the molecule is Cc1ccc(C[N@+]23CCN4CC[N@+]5(Cc6ccc(C)cc6)CCN(CC2)[C@H]3[C@H]45)cc1. The maximum atomic E-state index is 2.86. The van der Waals surface area contributed by atoms with E-state index < -0.39 is 0 Å². The second-order valence-electron chi connectivity index (χ2n) is 10.5. The van der Waals surface area contributed by atoms with E-state index in [0.29, 0.717) is 12.3 Å². The highest BCUT2D eigenvalue weighted by Gasteiger charge is 2.67. The number of rotatable bonds is 4. The molecule has 0 unspecified atom stereocenters. The lowest BCUT2D eigenvalue weighted by Crippen LogP contribution is -2.77. The summed E-state index contributed by atoms with van der Waals surface area (Å²) in [6.45, 7) is 17.2. The molecule has 0 amide bonds. The molecule has 4 fully saturated rings. The topological polar surface area (TPSA) is 6.48 Å². The van der Waals surface area contributed by atoms with Crippen LogP contribution in [0.5, 0.6) is 0 Å². The molecule has 2 aromatic carbocycles. The minimum Gasteiger partial charge on any atom is -0.296 e. The summed E-state index contributed by atoms with van der Waals surface area (Å²) in [6.07, 6.45) is 1.34. The van der Waals surface area contributed by atoms with Crippen LogP contribution in [0.4, 0.5) is 0 Å². The lowest BCUT2D eigenvalue weighted by molar-refractivity contribution is -1.04. The quantitative estimate of drug-likeness (QED) is 0.723. The molecule has 0 aromatic heterocycles. The third-order valence-corrected chi connectivity index (χ3v) is 8.70. The van der Waals surface area contributed by atoms with E-state index in [1.54, 1.807) is 0 Å². The molecule has 0 aliphatic carbocycles. The van der Waals surface area contributed by atoms with Crippen LogP contribution in [0.15, 0.2) is 48.5 Å². The van der Waals surface area contributed by atoms with Crippen molar-refractivity contribution in [2.45, 2.75) is 39.3 Å². The zero-order valence-electron chi connectivity index (χ0n) is 18.6. The molecule has 0 saturated carbocycles. The van der Waals surface area contributed by atoms with Crippen molar-refractivity contribution in [1.82, 2.24) is 9.80 Å². The van der Waals surface area contributed by atoms with Crippen molar-refractivity contribution in [3.8, 4) is 0 Å². The van der Waals surface area contributed by atoms with Crippen molar-refractivity contribution in [1.29, 1.82) is 0 Å². The molecule has 4 heteroatoms. The summed E-state index contributed by atoms with van der Waals surface area (Å²) < 4.78 is 2.58. The summed E-state index contributed by atoms with van der Waals surface area (Å²) in [4.78, 5) is 5.73. The summed E-state index contributed by atoms with van der Waals surface area (Å²) in [5, 5.41) is 0. The summed E-state index contributed by atoms with van der Waals surface area (Å²) in [5.74, 6) is 0. The lowest BCUT2D eigenvalue weighted by Gasteiger charge is -2.56. The number of nitrogens with zero attached hydrogens (tertiary/aromatic N) is 4. The highest BCUT2D eigenvalue weighted by Crippen LogP contribution is 2.44. The van der Waals surface area contributed by atoms with Crippen molar-refractivity contribution in [3.63, 3.8) is 0 Å². The van der Waals surface area contributed by atoms with Crippen molar-refractivity contribution in [3.05, 3.63) is 70.8 Å². The molecule has 4 saturated heterocycles. The fourth-order valence-corrected chi connectivity index (χ4v) is 7.07. The monoisotopic (exact) mass is 404 g/mol. The van der Waals surface area contributed by atoms with Gasteiger partial charge >= 0.3 is 0 Å². The van der Waals surface area contributed by atoms with Crippen LogP contribution in [0.2, 0.25) is 0 Å². The average molecular weight is 405 g/mol. The summed E-state index contributed by atoms with van der Waals surface area (Å²) >= 11 is 0. The van der Waals surface area contributed by atoms with Crippen molar-refractivity contribution in [2.24, 2.45) is 0 Å². The summed E-state index contributed by atoms with van der Waals surface area (Å²) in [7, 11) is 0. The van der Waals surface area contributed by atoms with E-state index in [2.05, 4.69) is 72.2 Å². The van der Waals surface area contributed by atoms with Crippen molar-refractivity contribution < 1.29 is 8.97 Å². The van der Waals surface area contributed by atoms with Crippen LogP contribution in [0.25, 0.3) is 0 Å². The largest absolute Gasteiger partial charge is 0.296 e. The van der Waals surface area contributed by atoms with E-state index in [1.165, 1.54) is 96.7 Å². The van der Waals surface area contributed by atoms with E-state index in [1.807, 2.05) is 0 Å². The first kappa shape index (κ1) is 19.0.